The fraction of sp³-hybridized carbons (Fsp3) is 0.840. The molecule has 0 saturated heterocycles. The van der Waals surface area contributed by atoms with Crippen molar-refractivity contribution in [2.24, 2.45) is 10.9 Å². The molecule has 0 radical (unpaired) electrons. The van der Waals surface area contributed by atoms with Crippen LogP contribution in [0.4, 0.5) is 0 Å². The van der Waals surface area contributed by atoms with Crippen molar-refractivity contribution in [3.05, 3.63) is 12.7 Å². The van der Waals surface area contributed by atoms with Crippen molar-refractivity contribution >= 4 is 11.9 Å². The summed E-state index contributed by atoms with van der Waals surface area (Å²) in [4.78, 5) is 15.1. The maximum atomic E-state index is 11.6. The smallest absolute Gasteiger partial charge is 0.862 e. The number of carboxylic acids is 1. The molecule has 0 aliphatic carbocycles. The van der Waals surface area contributed by atoms with Crippen LogP contribution in [0.2, 0.25) is 0 Å². The van der Waals surface area contributed by atoms with E-state index in [0.717, 1.165) is 12.8 Å². The van der Waals surface area contributed by atoms with Crippen molar-refractivity contribution in [3.8, 4) is 0 Å². The summed E-state index contributed by atoms with van der Waals surface area (Å²) in [6, 6.07) is 0. The van der Waals surface area contributed by atoms with Crippen LogP contribution in [-0.2, 0) is 4.79 Å². The average molecular weight is 432 g/mol. The van der Waals surface area contributed by atoms with Gasteiger partial charge in [0, 0.05) is 0 Å². The van der Waals surface area contributed by atoms with Gasteiger partial charge in [-0.1, -0.05) is 116 Å². The summed E-state index contributed by atoms with van der Waals surface area (Å²) in [5.74, 6) is -1.80. The Labute approximate surface area is 208 Å². The normalized spacial score (nSPS) is 12.4. The Hall–Kier alpha value is -0.320. The van der Waals surface area contributed by atoms with Gasteiger partial charge in [0.15, 0.2) is 0 Å². The number of rotatable bonds is 22. The molecular formula is C25H46NNaO3. The molecule has 0 bridgehead atoms. The van der Waals surface area contributed by atoms with Crippen molar-refractivity contribution in [3.63, 3.8) is 0 Å². The molecule has 1 N–H and O–H groups in total. The quantitative estimate of drug-likeness (QED) is 0.0934. The van der Waals surface area contributed by atoms with Crippen molar-refractivity contribution in [2.75, 3.05) is 6.54 Å². The summed E-state index contributed by atoms with van der Waals surface area (Å²) in [7, 11) is 0. The van der Waals surface area contributed by atoms with Crippen molar-refractivity contribution in [1.29, 1.82) is 0 Å². The van der Waals surface area contributed by atoms with E-state index in [1.807, 2.05) is 0 Å². The Morgan fingerprint density at radius 1 is 0.867 bits per heavy atom. The maximum Gasteiger partial charge on any atom is 1.00 e. The second-order valence-corrected chi connectivity index (χ2v) is 8.35. The molecule has 0 rings (SSSR count). The Morgan fingerprint density at radius 2 is 1.27 bits per heavy atom. The predicted octanol–water partition coefficient (Wildman–Crippen LogP) is 3.68. The van der Waals surface area contributed by atoms with Crippen molar-refractivity contribution < 1.29 is 44.6 Å². The molecule has 0 aromatic carbocycles. The first kappa shape index (κ1) is 31.9. The molecule has 1 unspecified atom stereocenters. The Balaban J connectivity index is 0. The minimum atomic E-state index is -0.881. The molecule has 1 atom stereocenters. The van der Waals surface area contributed by atoms with Gasteiger partial charge in [-0.25, -0.2) is 0 Å². The molecule has 0 aliphatic rings. The predicted molar refractivity (Wildman–Crippen MR) is 122 cm³/mol. The fourth-order valence-electron chi connectivity index (χ4n) is 3.69. The molecule has 0 aromatic rings. The number of aliphatic imine (C=N–C) groups is 1. The number of hydrogen-bond donors (Lipinski definition) is 1. The minimum Gasteiger partial charge on any atom is -0.862 e. The first-order chi connectivity index (χ1) is 14.1. The first-order valence-corrected chi connectivity index (χ1v) is 12.2. The van der Waals surface area contributed by atoms with Crippen molar-refractivity contribution in [1.82, 2.24) is 0 Å². The average Bonchev–Trinajstić information content (AvgIpc) is 2.70. The van der Waals surface area contributed by atoms with Crippen LogP contribution in [-0.4, -0.2) is 23.5 Å². The third-order valence-electron chi connectivity index (χ3n) is 5.57. The van der Waals surface area contributed by atoms with E-state index in [1.165, 1.54) is 89.9 Å². The van der Waals surface area contributed by atoms with Crippen LogP contribution in [0.15, 0.2) is 17.6 Å². The second kappa shape index (κ2) is 24.9. The standard InChI is InChI=1S/C25H47NO3.Na/c1-3-5-6-7-8-9-10-11-12-13-14-15-16-17-18-19-20-23(25(28)29)22-24(27)26-21-4-2;/h4,23H,2-3,5-22H2,1H3,(H,26,27)(H,28,29);/q;+1/p-1. The third kappa shape index (κ3) is 22.4. The molecular weight excluding hydrogens is 385 g/mol. The summed E-state index contributed by atoms with van der Waals surface area (Å²) in [5.41, 5.74) is 0. The monoisotopic (exact) mass is 431 g/mol. The van der Waals surface area contributed by atoms with Gasteiger partial charge < -0.3 is 15.2 Å². The third-order valence-corrected chi connectivity index (χ3v) is 5.57. The van der Waals surface area contributed by atoms with Crippen LogP contribution < -0.4 is 34.7 Å². The van der Waals surface area contributed by atoms with Crippen molar-refractivity contribution in [2.45, 2.75) is 122 Å². The van der Waals surface area contributed by atoms with Crippen LogP contribution in [0.3, 0.4) is 0 Å². The number of nitrogens with zero attached hydrogens (tertiary/aromatic N) is 1. The number of unbranched alkanes of at least 4 members (excludes halogenated alkanes) is 15. The molecule has 5 heteroatoms. The van der Waals surface area contributed by atoms with Crippen LogP contribution in [0.5, 0.6) is 0 Å². The Kier molecular flexibility index (Phi) is 26.5. The number of hydrogen-bond acceptors (Lipinski definition) is 3. The summed E-state index contributed by atoms with van der Waals surface area (Å²) < 4.78 is 0. The summed E-state index contributed by atoms with van der Waals surface area (Å²) in [6.07, 6.45) is 23.0. The van der Waals surface area contributed by atoms with E-state index in [0.29, 0.717) is 6.42 Å². The number of carbonyl (C=O) groups is 1. The molecule has 4 nitrogen and oxygen atoms in total. The SMILES string of the molecule is C=CCN=C([O-])CC(CCCCCCCCCCCCCCCCCC)C(=O)O.[Na+]. The molecule has 30 heavy (non-hydrogen) atoms. The van der Waals surface area contributed by atoms with Gasteiger partial charge in [-0.3, -0.25) is 4.79 Å². The summed E-state index contributed by atoms with van der Waals surface area (Å²) in [5, 5.41) is 20.9. The fourth-order valence-corrected chi connectivity index (χ4v) is 3.69. The minimum absolute atomic E-state index is 0. The second-order valence-electron chi connectivity index (χ2n) is 8.35. The van der Waals surface area contributed by atoms with Crippen LogP contribution in [0.1, 0.15) is 122 Å². The van der Waals surface area contributed by atoms with Gasteiger partial charge in [-0.2, -0.15) is 0 Å². The first-order valence-electron chi connectivity index (χ1n) is 12.2. The van der Waals surface area contributed by atoms with E-state index in [9.17, 15) is 15.0 Å². The van der Waals surface area contributed by atoms with Gasteiger partial charge in [0.05, 0.1) is 12.5 Å². The number of carboxylic acid groups (broad SMARTS) is 1. The van der Waals surface area contributed by atoms with Crippen LogP contribution in [0.25, 0.3) is 0 Å². The zero-order chi connectivity index (χ0) is 21.6. The van der Waals surface area contributed by atoms with E-state index in [-0.39, 0.29) is 48.4 Å². The van der Waals surface area contributed by atoms with Crippen LogP contribution >= 0.6 is 0 Å². The van der Waals surface area contributed by atoms with E-state index in [4.69, 9.17) is 0 Å². The number of aliphatic carboxylic acids is 1. The molecule has 0 amide bonds. The topological polar surface area (TPSA) is 72.7 Å². The molecule has 0 fully saturated rings. The summed E-state index contributed by atoms with van der Waals surface area (Å²) >= 11 is 0. The van der Waals surface area contributed by atoms with Gasteiger partial charge in [0.25, 0.3) is 0 Å². The van der Waals surface area contributed by atoms with Gasteiger partial charge in [0.1, 0.15) is 0 Å². The Bertz CT molecular complexity index is 427. The molecule has 0 spiro atoms. The van der Waals surface area contributed by atoms with Crippen LogP contribution in [0, 0.1) is 5.92 Å². The zero-order valence-electron chi connectivity index (χ0n) is 20.0. The molecule has 170 valence electrons. The van der Waals surface area contributed by atoms with Gasteiger partial charge in [0.2, 0.25) is 0 Å². The Morgan fingerprint density at radius 3 is 1.63 bits per heavy atom. The maximum absolute atomic E-state index is 11.6. The van der Waals surface area contributed by atoms with E-state index >= 15 is 0 Å². The van der Waals surface area contributed by atoms with Gasteiger partial charge in [-0.15, -0.1) is 6.58 Å². The molecule has 0 aliphatic heterocycles. The van der Waals surface area contributed by atoms with E-state index in [2.05, 4.69) is 18.5 Å². The summed E-state index contributed by atoms with van der Waals surface area (Å²) in [6.45, 7) is 6.04. The molecule has 0 saturated carbocycles. The van der Waals surface area contributed by atoms with E-state index in [1.54, 1.807) is 6.08 Å². The van der Waals surface area contributed by atoms with Gasteiger partial charge in [-0.05, 0) is 18.7 Å². The van der Waals surface area contributed by atoms with Gasteiger partial charge >= 0.3 is 35.5 Å². The molecule has 0 heterocycles. The zero-order valence-corrected chi connectivity index (χ0v) is 22.0. The largest absolute Gasteiger partial charge is 1.00 e. The molecule has 0 aromatic heterocycles. The van der Waals surface area contributed by atoms with E-state index < -0.39 is 11.9 Å².